The van der Waals surface area contributed by atoms with E-state index in [0.29, 0.717) is 0 Å². The van der Waals surface area contributed by atoms with Gasteiger partial charge in [-0.2, -0.15) is 0 Å². The molecule has 0 unspecified atom stereocenters. The standard InChI is InChI=1S/C2H3Cl3O.23CHCl3/c3-2(4,5)1-6;23*2-1(3)4/h6H,1H2;23*1H. The number of halogens is 72. The lowest BCUT2D eigenvalue weighted by Gasteiger charge is -2.01. The molecule has 0 rings (SSSR count). The fraction of sp³-hybridized carbons (Fsp3) is 1.00. The molecule has 98 heavy (non-hydrogen) atoms. The first-order valence-electron chi connectivity index (χ1n) is 16.3. The highest BCUT2D eigenvalue weighted by Crippen LogP contribution is 2.24. The van der Waals surface area contributed by atoms with Crippen molar-refractivity contribution in [3.8, 4) is 0 Å². The molecule has 0 aliphatic heterocycles. The third-order valence-corrected chi connectivity index (χ3v) is 0.538. The topological polar surface area (TPSA) is 20.2 Å². The van der Waals surface area contributed by atoms with Gasteiger partial charge in [0.2, 0.25) is 3.79 Å². The Morgan fingerprint density at radius 1 is 0.112 bits per heavy atom. The second kappa shape index (κ2) is 172. The van der Waals surface area contributed by atoms with Crippen molar-refractivity contribution in [1.29, 1.82) is 0 Å². The van der Waals surface area contributed by atoms with Gasteiger partial charge in [0.1, 0.15) is 0 Å². The summed E-state index contributed by atoms with van der Waals surface area (Å²) in [6, 6.07) is 0. The molecule has 0 aliphatic rings. The van der Waals surface area contributed by atoms with Crippen LogP contribution in [0, 0.1) is 0 Å². The molecule has 0 amide bonds. The van der Waals surface area contributed by atoms with Crippen molar-refractivity contribution in [2.45, 2.75) is 103 Å². The summed E-state index contributed by atoms with van der Waals surface area (Å²) < 4.78 is -18.7. The van der Waals surface area contributed by atoms with Gasteiger partial charge in [0.15, 0.2) is 98.8 Å². The van der Waals surface area contributed by atoms with Crippen LogP contribution in [-0.2, 0) is 0 Å². The first-order valence-corrected chi connectivity index (χ1v) is 47.5. The summed E-state index contributed by atoms with van der Waals surface area (Å²) in [5.41, 5.74) is 0. The van der Waals surface area contributed by atoms with E-state index in [0.717, 1.165) is 0 Å². The minimum Gasteiger partial charge on any atom is -0.392 e. The molecule has 0 atom stereocenters. The highest BCUT2D eigenvalue weighted by Gasteiger charge is 2.16. The molecular formula is C25H26Cl72O. The maximum absolute atomic E-state index is 8.01. The molecule has 0 radical (unpaired) electrons. The van der Waals surface area contributed by atoms with Crippen LogP contribution in [0.2, 0.25) is 0 Å². The average Bonchev–Trinajstić information content (AvgIpc) is 3.16. The fourth-order valence-corrected chi connectivity index (χ4v) is 0. The summed E-state index contributed by atoms with van der Waals surface area (Å²) in [6.07, 6.45) is 0. The first kappa shape index (κ1) is 183. The highest BCUT2D eigenvalue weighted by atomic mass is 35.7. The number of hydrogen-bond donors (Lipinski definition) is 1. The zero-order valence-corrected chi connectivity index (χ0v) is 96.6. The van der Waals surface area contributed by atoms with Crippen molar-refractivity contribution in [1.82, 2.24) is 0 Å². The van der Waals surface area contributed by atoms with Crippen molar-refractivity contribution in [3.63, 3.8) is 0 Å². The van der Waals surface area contributed by atoms with Crippen molar-refractivity contribution in [2.24, 2.45) is 0 Å². The van der Waals surface area contributed by atoms with Crippen LogP contribution in [0.15, 0.2) is 0 Å². The quantitative estimate of drug-likeness (QED) is 0.240. The molecule has 0 bridgehead atoms. The molecule has 1 N–H and O–H groups in total. The van der Waals surface area contributed by atoms with E-state index in [4.69, 9.17) is 840 Å². The molecular weight excluding hydrogens is 2870 g/mol. The zero-order valence-electron chi connectivity index (χ0n) is 42.1. The van der Waals surface area contributed by atoms with E-state index in [1.54, 1.807) is 0 Å². The van der Waals surface area contributed by atoms with Gasteiger partial charge in [0.05, 0.1) is 6.61 Å². The normalized spacial score (nSPS) is 9.18. The predicted molar refractivity (Wildman–Crippen MR) is 518 cm³/mol. The lowest BCUT2D eigenvalue weighted by molar-refractivity contribution is 0.303. The second-order valence-electron chi connectivity index (χ2n) is 6.46. The Hall–Kier alpha value is 20.8. The van der Waals surface area contributed by atoms with Crippen LogP contribution in [0.4, 0.5) is 0 Å². The predicted octanol–water partition coefficient (Wildman–Crippen LogP) is 47.0. The Labute approximate surface area is 931 Å². The molecule has 0 aromatic heterocycles. The van der Waals surface area contributed by atoms with Gasteiger partial charge in [0.25, 0.3) is 0 Å². The van der Waals surface area contributed by atoms with E-state index in [9.17, 15) is 0 Å². The summed E-state index contributed by atoms with van der Waals surface area (Å²) in [5, 5.41) is 8.01. The molecule has 1 nitrogen and oxygen atoms in total. The summed E-state index contributed by atoms with van der Waals surface area (Å²) in [7, 11) is 0. The molecule has 0 aromatic carbocycles. The maximum Gasteiger partial charge on any atom is 0.213 e. The van der Waals surface area contributed by atoms with Crippen molar-refractivity contribution in [2.75, 3.05) is 6.61 Å². The molecule has 0 saturated heterocycles. The fourth-order valence-electron chi connectivity index (χ4n) is 0. The van der Waals surface area contributed by atoms with Crippen LogP contribution >= 0.6 is 835 Å². The number of hydrogen-bond acceptors (Lipinski definition) is 1. The molecule has 0 spiro atoms. The Balaban J connectivity index is -0.0000000265. The van der Waals surface area contributed by atoms with Crippen LogP contribution < -0.4 is 0 Å². The van der Waals surface area contributed by atoms with Crippen LogP contribution in [0.5, 0.6) is 0 Å². The lowest BCUT2D eigenvalue weighted by atomic mass is 10.9. The van der Waals surface area contributed by atoms with E-state index >= 15 is 0 Å². The van der Waals surface area contributed by atoms with Gasteiger partial charge in [-0.1, -0.05) is 835 Å². The molecule has 73 heteroatoms. The summed E-state index contributed by atoms with van der Waals surface area (Å²) >= 11 is 347. The van der Waals surface area contributed by atoms with Crippen molar-refractivity contribution < 1.29 is 5.11 Å². The third-order valence-electron chi connectivity index (χ3n) is 0.179. The van der Waals surface area contributed by atoms with Gasteiger partial charge < -0.3 is 5.11 Å². The van der Waals surface area contributed by atoms with Gasteiger partial charge in [-0.3, -0.25) is 0 Å². The Morgan fingerprint density at radius 2 is 0.122 bits per heavy atom. The number of aliphatic hydroxyl groups is 1. The molecule has 0 saturated carbocycles. The Kier molecular flexibility index (Phi) is 321. The summed E-state index contributed by atoms with van der Waals surface area (Å²) in [4.78, 5) is 0. The molecule has 0 fully saturated rings. The van der Waals surface area contributed by atoms with Gasteiger partial charge in [0, 0.05) is 0 Å². The highest BCUT2D eigenvalue weighted by molar-refractivity contribution is 6.72. The van der Waals surface area contributed by atoms with Crippen molar-refractivity contribution >= 4 is 835 Å². The van der Waals surface area contributed by atoms with Crippen LogP contribution in [0.1, 0.15) is 0 Å². The van der Waals surface area contributed by atoms with Crippen LogP contribution in [-0.4, -0.2) is 114 Å². The number of rotatable bonds is 0. The van der Waals surface area contributed by atoms with Crippen LogP contribution in [0.25, 0.3) is 0 Å². The van der Waals surface area contributed by atoms with Gasteiger partial charge >= 0.3 is 0 Å². The monoisotopic (exact) mass is 2860 g/mol. The first-order chi connectivity index (χ1) is 42.4. The second-order valence-corrected chi connectivity index (χ2v) is 54.5. The number of aliphatic hydroxyl groups excluding tert-OH is 1. The summed E-state index contributed by atoms with van der Waals surface area (Å²) in [5.74, 6) is 0. The Morgan fingerprint density at radius 3 is 0.122 bits per heavy atom. The van der Waals surface area contributed by atoms with Gasteiger partial charge in [-0.05, 0) is 0 Å². The smallest absolute Gasteiger partial charge is 0.213 e. The van der Waals surface area contributed by atoms with Gasteiger partial charge in [-0.25, -0.2) is 0 Å². The Bertz CT molecular complexity index is 607. The third kappa shape index (κ3) is 2760. The van der Waals surface area contributed by atoms with E-state index in [-0.39, 0.29) is 0 Å². The SMILES string of the molecule is ClC(Cl)Cl.ClC(Cl)Cl.ClC(Cl)Cl.ClC(Cl)Cl.ClC(Cl)Cl.ClC(Cl)Cl.ClC(Cl)Cl.ClC(Cl)Cl.ClC(Cl)Cl.ClC(Cl)Cl.ClC(Cl)Cl.ClC(Cl)Cl.ClC(Cl)Cl.ClC(Cl)Cl.ClC(Cl)Cl.ClC(Cl)Cl.ClC(Cl)Cl.ClC(Cl)Cl.ClC(Cl)Cl.ClC(Cl)Cl.ClC(Cl)Cl.ClC(Cl)Cl.ClC(Cl)Cl.OCC(Cl)(Cl)Cl. The van der Waals surface area contributed by atoms with E-state index in [2.05, 4.69) is 0 Å². The minimum absolute atomic E-state index is 0.433. The minimum atomic E-state index is -1.49. The molecule has 0 aromatic rings. The van der Waals surface area contributed by atoms with Crippen LogP contribution in [0.3, 0.4) is 0 Å². The summed E-state index contributed by atoms with van der Waals surface area (Å²) in [6.45, 7) is -0.433. The van der Waals surface area contributed by atoms with E-state index in [1.165, 1.54) is 0 Å². The average molecular weight is 2900 g/mol. The lowest BCUT2D eigenvalue weighted by Crippen LogP contribution is -2.06. The molecule has 636 valence electrons. The molecule has 0 heterocycles. The zero-order chi connectivity index (χ0) is 87.5. The van der Waals surface area contributed by atoms with Crippen molar-refractivity contribution in [3.05, 3.63) is 0 Å². The van der Waals surface area contributed by atoms with Gasteiger partial charge in [-0.15, -0.1) is 0 Å². The maximum atomic E-state index is 8.01. The van der Waals surface area contributed by atoms with E-state index < -0.39 is 109 Å². The molecule has 0 aliphatic carbocycles. The largest absolute Gasteiger partial charge is 0.392 e. The van der Waals surface area contributed by atoms with E-state index in [1.807, 2.05) is 0 Å². The number of alkyl halides is 72.